The van der Waals surface area contributed by atoms with Gasteiger partial charge in [-0.2, -0.15) is 0 Å². The Balaban J connectivity index is 1.49. The van der Waals surface area contributed by atoms with Crippen LogP contribution in [0.15, 0.2) is 60.7 Å². The molecule has 34 heavy (non-hydrogen) atoms. The van der Waals surface area contributed by atoms with E-state index in [9.17, 15) is 14.7 Å². The van der Waals surface area contributed by atoms with Gasteiger partial charge >= 0.3 is 5.97 Å². The number of ether oxygens (including phenoxy) is 5. The Morgan fingerprint density at radius 1 is 1.09 bits per heavy atom. The number of rotatable bonds is 7. The third kappa shape index (κ3) is 5.81. The lowest BCUT2D eigenvalue weighted by atomic mass is 9.95. The number of hydrogen-bond acceptors (Lipinski definition) is 8. The number of fused-ring (bicyclic) bond motifs is 1. The standard InChI is InChI=1S/C25H29NO8/c1-15(23(28)30-13-17-9-5-3-6-10-17)32-22-20(26-16(2)27)24(29)33-19-14-31-25(34-21(19)22)18-11-7-4-8-12-18/h3-12,15,19-22,24-25,29H,13-14H2,1-2H3,(H,26,27)/t15-,19-,20-,21-,22-,24+,25?/m1/s1. The van der Waals surface area contributed by atoms with Crippen LogP contribution in [-0.4, -0.2) is 60.3 Å². The molecule has 2 aromatic rings. The number of esters is 1. The van der Waals surface area contributed by atoms with Gasteiger partial charge in [0.25, 0.3) is 0 Å². The molecule has 9 heteroatoms. The van der Waals surface area contributed by atoms with Crippen LogP contribution in [0.3, 0.4) is 0 Å². The van der Waals surface area contributed by atoms with Gasteiger partial charge in [0.2, 0.25) is 5.91 Å². The summed E-state index contributed by atoms with van der Waals surface area (Å²) in [4.78, 5) is 24.5. The van der Waals surface area contributed by atoms with Crippen LogP contribution in [0, 0.1) is 0 Å². The lowest BCUT2D eigenvalue weighted by Gasteiger charge is -2.48. The number of amides is 1. The van der Waals surface area contributed by atoms with E-state index in [0.29, 0.717) is 0 Å². The molecule has 7 atom stereocenters. The minimum Gasteiger partial charge on any atom is -0.459 e. The Bertz CT molecular complexity index is 956. The van der Waals surface area contributed by atoms with Gasteiger partial charge in [0.1, 0.15) is 31.0 Å². The predicted octanol–water partition coefficient (Wildman–Crippen LogP) is 1.84. The van der Waals surface area contributed by atoms with Gasteiger partial charge in [0, 0.05) is 12.5 Å². The summed E-state index contributed by atoms with van der Waals surface area (Å²) in [5, 5.41) is 13.2. The zero-order valence-corrected chi connectivity index (χ0v) is 19.0. The normalized spacial score (nSPS) is 29.5. The Morgan fingerprint density at radius 2 is 1.76 bits per heavy atom. The molecule has 2 aromatic carbocycles. The maximum atomic E-state index is 12.7. The maximum absolute atomic E-state index is 12.7. The Hall–Kier alpha value is -2.82. The molecular weight excluding hydrogens is 442 g/mol. The zero-order chi connectivity index (χ0) is 24.1. The molecule has 0 spiro atoms. The van der Waals surface area contributed by atoms with E-state index >= 15 is 0 Å². The molecule has 2 heterocycles. The number of benzene rings is 2. The Morgan fingerprint density at radius 3 is 2.44 bits per heavy atom. The van der Waals surface area contributed by atoms with E-state index in [0.717, 1.165) is 11.1 Å². The number of nitrogens with one attached hydrogen (secondary N) is 1. The number of carbonyl (C=O) groups excluding carboxylic acids is 2. The molecular formula is C25H29NO8. The molecule has 2 fully saturated rings. The molecule has 1 unspecified atom stereocenters. The van der Waals surface area contributed by atoms with Crippen molar-refractivity contribution in [3.05, 3.63) is 71.8 Å². The van der Waals surface area contributed by atoms with Crippen LogP contribution in [0.25, 0.3) is 0 Å². The van der Waals surface area contributed by atoms with Crippen molar-refractivity contribution in [2.45, 2.75) is 63.5 Å². The number of aliphatic hydroxyl groups excluding tert-OH is 1. The largest absolute Gasteiger partial charge is 0.459 e. The average molecular weight is 472 g/mol. The first-order valence-electron chi connectivity index (χ1n) is 11.2. The van der Waals surface area contributed by atoms with Crippen LogP contribution in [-0.2, 0) is 39.9 Å². The monoisotopic (exact) mass is 471 g/mol. The second kappa shape index (κ2) is 11.1. The fourth-order valence-corrected chi connectivity index (χ4v) is 4.06. The van der Waals surface area contributed by atoms with Crippen molar-refractivity contribution in [3.8, 4) is 0 Å². The van der Waals surface area contributed by atoms with Gasteiger partial charge < -0.3 is 34.1 Å². The first kappa shape index (κ1) is 24.3. The van der Waals surface area contributed by atoms with Gasteiger partial charge in [-0.1, -0.05) is 60.7 Å². The van der Waals surface area contributed by atoms with Crippen molar-refractivity contribution >= 4 is 11.9 Å². The van der Waals surface area contributed by atoms with Crippen LogP contribution in [0.5, 0.6) is 0 Å². The predicted molar refractivity (Wildman–Crippen MR) is 119 cm³/mol. The van der Waals surface area contributed by atoms with Gasteiger partial charge in [0.05, 0.1) is 6.61 Å². The van der Waals surface area contributed by atoms with Crippen molar-refractivity contribution in [1.82, 2.24) is 5.32 Å². The van der Waals surface area contributed by atoms with Crippen LogP contribution >= 0.6 is 0 Å². The molecule has 0 aromatic heterocycles. The minimum absolute atomic E-state index is 0.103. The van der Waals surface area contributed by atoms with E-state index in [-0.39, 0.29) is 19.1 Å². The Kier molecular flexibility index (Phi) is 7.91. The summed E-state index contributed by atoms with van der Waals surface area (Å²) in [6.45, 7) is 3.13. The lowest BCUT2D eigenvalue weighted by Crippen LogP contribution is -2.67. The van der Waals surface area contributed by atoms with Crippen LogP contribution < -0.4 is 5.32 Å². The van der Waals surface area contributed by atoms with E-state index < -0.39 is 49.0 Å². The molecule has 2 saturated heterocycles. The molecule has 0 saturated carbocycles. The van der Waals surface area contributed by atoms with E-state index in [4.69, 9.17) is 23.7 Å². The highest BCUT2D eigenvalue weighted by Crippen LogP contribution is 2.35. The highest BCUT2D eigenvalue weighted by atomic mass is 16.7. The quantitative estimate of drug-likeness (QED) is 0.589. The number of carbonyl (C=O) groups is 2. The first-order chi connectivity index (χ1) is 16.4. The number of hydrogen-bond donors (Lipinski definition) is 2. The molecule has 2 aliphatic rings. The van der Waals surface area contributed by atoms with E-state index in [1.807, 2.05) is 60.7 Å². The second-order valence-corrected chi connectivity index (χ2v) is 8.30. The van der Waals surface area contributed by atoms with Crippen molar-refractivity contribution in [3.63, 3.8) is 0 Å². The molecule has 2 aliphatic heterocycles. The van der Waals surface area contributed by atoms with Crippen molar-refractivity contribution in [1.29, 1.82) is 0 Å². The highest BCUT2D eigenvalue weighted by molar-refractivity contribution is 5.74. The third-order valence-electron chi connectivity index (χ3n) is 5.72. The zero-order valence-electron chi connectivity index (χ0n) is 19.0. The smallest absolute Gasteiger partial charge is 0.335 e. The van der Waals surface area contributed by atoms with Crippen molar-refractivity contribution in [2.24, 2.45) is 0 Å². The fourth-order valence-electron chi connectivity index (χ4n) is 4.06. The maximum Gasteiger partial charge on any atom is 0.335 e. The van der Waals surface area contributed by atoms with Crippen LogP contribution in [0.1, 0.15) is 31.3 Å². The van der Waals surface area contributed by atoms with Crippen molar-refractivity contribution in [2.75, 3.05) is 6.61 Å². The molecule has 0 aliphatic carbocycles. The third-order valence-corrected chi connectivity index (χ3v) is 5.72. The topological polar surface area (TPSA) is 113 Å². The van der Waals surface area contributed by atoms with E-state index in [2.05, 4.69) is 5.32 Å². The van der Waals surface area contributed by atoms with Gasteiger partial charge in [-0.15, -0.1) is 0 Å². The van der Waals surface area contributed by atoms with Crippen LogP contribution in [0.4, 0.5) is 0 Å². The summed E-state index contributed by atoms with van der Waals surface area (Å²) < 4.78 is 29.1. The summed E-state index contributed by atoms with van der Waals surface area (Å²) in [7, 11) is 0. The highest BCUT2D eigenvalue weighted by Gasteiger charge is 2.51. The summed E-state index contributed by atoms with van der Waals surface area (Å²) in [5.74, 6) is -0.958. The minimum atomic E-state index is -1.37. The SMILES string of the molecule is CC(=O)N[C@@H]1[C@@H](O[C@H](C)C(=O)OCc2ccccc2)[C@@H]2OC(c3ccccc3)OC[C@H]2O[C@@H]1O. The fraction of sp³-hybridized carbons (Fsp3) is 0.440. The van der Waals surface area contributed by atoms with Crippen LogP contribution in [0.2, 0.25) is 0 Å². The summed E-state index contributed by atoms with van der Waals surface area (Å²) in [6.07, 6.45) is -5.32. The molecule has 182 valence electrons. The lowest BCUT2D eigenvalue weighted by molar-refractivity contribution is -0.344. The van der Waals surface area contributed by atoms with Gasteiger partial charge in [-0.05, 0) is 12.5 Å². The summed E-state index contributed by atoms with van der Waals surface area (Å²) >= 11 is 0. The summed E-state index contributed by atoms with van der Waals surface area (Å²) in [6, 6.07) is 17.7. The second-order valence-electron chi connectivity index (χ2n) is 8.30. The average Bonchev–Trinajstić information content (AvgIpc) is 2.85. The molecule has 9 nitrogen and oxygen atoms in total. The summed E-state index contributed by atoms with van der Waals surface area (Å²) in [5.41, 5.74) is 1.65. The molecule has 0 radical (unpaired) electrons. The van der Waals surface area contributed by atoms with E-state index in [1.54, 1.807) is 6.92 Å². The first-order valence-corrected chi connectivity index (χ1v) is 11.2. The molecule has 0 bridgehead atoms. The van der Waals surface area contributed by atoms with E-state index in [1.165, 1.54) is 6.92 Å². The Labute approximate surface area is 197 Å². The number of aliphatic hydroxyl groups is 1. The molecule has 2 N–H and O–H groups in total. The molecule has 4 rings (SSSR count). The van der Waals surface area contributed by atoms with Gasteiger partial charge in [0.15, 0.2) is 18.7 Å². The van der Waals surface area contributed by atoms with Gasteiger partial charge in [-0.3, -0.25) is 4.79 Å². The molecule has 1 amide bonds. The van der Waals surface area contributed by atoms with Crippen molar-refractivity contribution < 1.29 is 38.4 Å². The van der Waals surface area contributed by atoms with Gasteiger partial charge in [-0.25, -0.2) is 4.79 Å².